The van der Waals surface area contributed by atoms with Gasteiger partial charge in [-0.3, -0.25) is 0 Å². The number of pyridine rings is 1. The SMILES string of the molecule is CC[C@@H](CO)Nc1cc(C)nc(Oc2c(C)cc(Cl)cc2C)c1C(=O)O. The molecule has 0 aliphatic carbocycles. The third-order valence-corrected chi connectivity index (χ3v) is 4.24. The molecule has 1 aromatic heterocycles. The fourth-order valence-electron chi connectivity index (χ4n) is 2.69. The number of hydrogen-bond acceptors (Lipinski definition) is 5. The molecular weight excluding hydrogens is 356 g/mol. The minimum atomic E-state index is -1.16. The van der Waals surface area contributed by atoms with Gasteiger partial charge in [0.1, 0.15) is 11.3 Å². The van der Waals surface area contributed by atoms with Crippen LogP contribution in [0.3, 0.4) is 0 Å². The van der Waals surface area contributed by atoms with Crippen molar-refractivity contribution in [1.82, 2.24) is 4.98 Å². The first-order valence-corrected chi connectivity index (χ1v) is 8.71. The van der Waals surface area contributed by atoms with Crippen molar-refractivity contribution >= 4 is 23.3 Å². The molecule has 0 radical (unpaired) electrons. The molecule has 0 saturated carbocycles. The third kappa shape index (κ3) is 4.45. The van der Waals surface area contributed by atoms with Crippen LogP contribution in [-0.2, 0) is 0 Å². The van der Waals surface area contributed by atoms with Gasteiger partial charge in [0.05, 0.1) is 12.3 Å². The molecule has 0 bridgehead atoms. The molecule has 0 saturated heterocycles. The zero-order chi connectivity index (χ0) is 19.4. The van der Waals surface area contributed by atoms with Gasteiger partial charge >= 0.3 is 5.97 Å². The first-order valence-electron chi connectivity index (χ1n) is 8.33. The van der Waals surface area contributed by atoms with E-state index in [9.17, 15) is 15.0 Å². The topological polar surface area (TPSA) is 91.7 Å². The maximum absolute atomic E-state index is 11.9. The van der Waals surface area contributed by atoms with Crippen molar-refractivity contribution in [2.75, 3.05) is 11.9 Å². The van der Waals surface area contributed by atoms with Gasteiger partial charge in [-0.2, -0.15) is 0 Å². The fraction of sp³-hybridized carbons (Fsp3) is 0.368. The molecule has 0 aliphatic rings. The summed E-state index contributed by atoms with van der Waals surface area (Å²) in [6.45, 7) is 7.22. The Bertz CT molecular complexity index is 796. The molecule has 0 unspecified atom stereocenters. The summed E-state index contributed by atoms with van der Waals surface area (Å²) >= 11 is 6.05. The average molecular weight is 379 g/mol. The minimum absolute atomic E-state index is 0.00122. The maximum Gasteiger partial charge on any atom is 0.343 e. The van der Waals surface area contributed by atoms with E-state index in [1.165, 1.54) is 0 Å². The summed E-state index contributed by atoms with van der Waals surface area (Å²) in [7, 11) is 0. The van der Waals surface area contributed by atoms with Crippen LogP contribution in [0.4, 0.5) is 5.69 Å². The van der Waals surface area contributed by atoms with E-state index in [0.717, 1.165) is 11.1 Å². The second-order valence-corrected chi connectivity index (χ2v) is 6.64. The van der Waals surface area contributed by atoms with Gasteiger partial charge in [0.25, 0.3) is 0 Å². The van der Waals surface area contributed by atoms with E-state index in [-0.39, 0.29) is 24.1 Å². The van der Waals surface area contributed by atoms with Crippen molar-refractivity contribution in [2.24, 2.45) is 0 Å². The highest BCUT2D eigenvalue weighted by molar-refractivity contribution is 6.30. The number of aryl methyl sites for hydroxylation is 3. The van der Waals surface area contributed by atoms with Crippen molar-refractivity contribution in [2.45, 2.75) is 40.2 Å². The van der Waals surface area contributed by atoms with Crippen LogP contribution < -0.4 is 10.1 Å². The Kier molecular flexibility index (Phi) is 6.45. The zero-order valence-corrected chi connectivity index (χ0v) is 16.0. The Morgan fingerprint density at radius 1 is 1.27 bits per heavy atom. The number of nitrogens with zero attached hydrogens (tertiary/aromatic N) is 1. The van der Waals surface area contributed by atoms with E-state index in [1.54, 1.807) is 25.1 Å². The normalized spacial score (nSPS) is 11.9. The van der Waals surface area contributed by atoms with Gasteiger partial charge in [-0.25, -0.2) is 9.78 Å². The molecule has 26 heavy (non-hydrogen) atoms. The van der Waals surface area contributed by atoms with Crippen LogP contribution >= 0.6 is 11.6 Å². The van der Waals surface area contributed by atoms with Gasteiger partial charge in [0.15, 0.2) is 0 Å². The molecule has 6 nitrogen and oxygen atoms in total. The molecule has 140 valence electrons. The highest BCUT2D eigenvalue weighted by Gasteiger charge is 2.23. The highest BCUT2D eigenvalue weighted by Crippen LogP contribution is 2.35. The monoisotopic (exact) mass is 378 g/mol. The number of aromatic nitrogens is 1. The molecule has 1 heterocycles. The summed E-state index contributed by atoms with van der Waals surface area (Å²) in [4.78, 5) is 16.2. The number of ether oxygens (including phenoxy) is 1. The van der Waals surface area contributed by atoms with E-state index in [4.69, 9.17) is 16.3 Å². The highest BCUT2D eigenvalue weighted by atomic mass is 35.5. The molecule has 0 fully saturated rings. The lowest BCUT2D eigenvalue weighted by Gasteiger charge is -2.20. The Hall–Kier alpha value is -2.31. The quantitative estimate of drug-likeness (QED) is 0.664. The number of aliphatic hydroxyl groups is 1. The van der Waals surface area contributed by atoms with Crippen LogP contribution in [-0.4, -0.2) is 33.8 Å². The Labute approximate surface area is 157 Å². The predicted molar refractivity (Wildman–Crippen MR) is 102 cm³/mol. The number of aliphatic hydroxyl groups excluding tert-OH is 1. The van der Waals surface area contributed by atoms with Crippen molar-refractivity contribution in [1.29, 1.82) is 0 Å². The molecule has 0 amide bonds. The number of carboxylic acid groups (broad SMARTS) is 1. The first-order chi connectivity index (χ1) is 12.3. The Morgan fingerprint density at radius 2 is 1.88 bits per heavy atom. The zero-order valence-electron chi connectivity index (χ0n) is 15.3. The largest absolute Gasteiger partial charge is 0.477 e. The first kappa shape index (κ1) is 20.0. The lowest BCUT2D eigenvalue weighted by atomic mass is 10.1. The lowest BCUT2D eigenvalue weighted by molar-refractivity contribution is 0.0694. The lowest BCUT2D eigenvalue weighted by Crippen LogP contribution is -2.24. The van der Waals surface area contributed by atoms with Crippen LogP contribution in [0.15, 0.2) is 18.2 Å². The smallest absolute Gasteiger partial charge is 0.343 e. The summed E-state index contributed by atoms with van der Waals surface area (Å²) in [5.74, 6) is -0.636. The molecule has 2 rings (SSSR count). The second kappa shape index (κ2) is 8.38. The third-order valence-electron chi connectivity index (χ3n) is 4.02. The molecule has 3 N–H and O–H groups in total. The summed E-state index contributed by atoms with van der Waals surface area (Å²) in [5, 5.41) is 22.8. The van der Waals surface area contributed by atoms with Gasteiger partial charge in [0.2, 0.25) is 5.88 Å². The number of aromatic carboxylic acids is 1. The van der Waals surface area contributed by atoms with Crippen molar-refractivity contribution in [3.05, 3.63) is 45.6 Å². The number of benzene rings is 1. The van der Waals surface area contributed by atoms with Crippen LogP contribution in [0.2, 0.25) is 5.02 Å². The summed E-state index contributed by atoms with van der Waals surface area (Å²) in [6.07, 6.45) is 0.641. The van der Waals surface area contributed by atoms with Crippen LogP contribution in [0.5, 0.6) is 11.6 Å². The molecule has 0 spiro atoms. The Balaban J connectivity index is 2.55. The average Bonchev–Trinajstić information content (AvgIpc) is 2.55. The molecule has 0 aliphatic heterocycles. The molecule has 7 heteroatoms. The van der Waals surface area contributed by atoms with Crippen molar-refractivity contribution < 1.29 is 19.7 Å². The van der Waals surface area contributed by atoms with Gasteiger partial charge in [-0.05, 0) is 56.5 Å². The number of nitrogens with one attached hydrogen (secondary N) is 1. The van der Waals surface area contributed by atoms with Gasteiger partial charge in [0, 0.05) is 16.8 Å². The van der Waals surface area contributed by atoms with Gasteiger partial charge in [-0.1, -0.05) is 18.5 Å². The summed E-state index contributed by atoms with van der Waals surface area (Å²) in [6, 6.07) is 4.87. The Morgan fingerprint density at radius 3 is 2.38 bits per heavy atom. The number of rotatable bonds is 7. The molecule has 1 atom stereocenters. The number of carbonyl (C=O) groups is 1. The molecule has 2 aromatic rings. The van der Waals surface area contributed by atoms with E-state index in [0.29, 0.717) is 28.6 Å². The van der Waals surface area contributed by atoms with Gasteiger partial charge < -0.3 is 20.3 Å². The van der Waals surface area contributed by atoms with Crippen LogP contribution in [0.1, 0.15) is 40.5 Å². The molecule has 1 aromatic carbocycles. The van der Waals surface area contributed by atoms with Crippen LogP contribution in [0.25, 0.3) is 0 Å². The van der Waals surface area contributed by atoms with E-state index >= 15 is 0 Å². The maximum atomic E-state index is 11.9. The summed E-state index contributed by atoms with van der Waals surface area (Å²) in [5.41, 5.74) is 2.46. The number of anilines is 1. The standard InChI is InChI=1S/C19H23ClN2O4/c1-5-14(9-23)22-15-8-12(4)21-18(16(15)19(24)25)26-17-10(2)6-13(20)7-11(17)3/h6-8,14,23H,5,9H2,1-4H3,(H,21,22)(H,24,25)/t14-/m0/s1. The molecular formula is C19H23ClN2O4. The number of carboxylic acids is 1. The van der Waals surface area contributed by atoms with Gasteiger partial charge in [-0.15, -0.1) is 0 Å². The number of hydrogen-bond donors (Lipinski definition) is 3. The van der Waals surface area contributed by atoms with E-state index in [1.807, 2.05) is 20.8 Å². The van der Waals surface area contributed by atoms with Crippen LogP contribution in [0, 0.1) is 20.8 Å². The number of halogens is 1. The second-order valence-electron chi connectivity index (χ2n) is 6.20. The van der Waals surface area contributed by atoms with E-state index < -0.39 is 5.97 Å². The fourth-order valence-corrected chi connectivity index (χ4v) is 3.02. The summed E-state index contributed by atoms with van der Waals surface area (Å²) < 4.78 is 5.90. The minimum Gasteiger partial charge on any atom is -0.477 e. The van der Waals surface area contributed by atoms with E-state index in [2.05, 4.69) is 10.3 Å². The van der Waals surface area contributed by atoms with Crippen molar-refractivity contribution in [3.8, 4) is 11.6 Å². The van der Waals surface area contributed by atoms with Crippen molar-refractivity contribution in [3.63, 3.8) is 0 Å². The predicted octanol–water partition coefficient (Wildman–Crippen LogP) is 4.33.